The van der Waals surface area contributed by atoms with Gasteiger partial charge in [-0.2, -0.15) is 0 Å². The zero-order valence-electron chi connectivity index (χ0n) is 16.1. The first-order chi connectivity index (χ1) is 13.7. The highest BCUT2D eigenvalue weighted by Crippen LogP contribution is 2.54. The molecule has 1 aromatic carbocycles. The molecule has 3 aliphatic heterocycles. The van der Waals surface area contributed by atoms with Gasteiger partial charge in [0.05, 0.1) is 30.6 Å². The van der Waals surface area contributed by atoms with Crippen LogP contribution in [-0.2, 0) is 11.3 Å². The average Bonchev–Trinajstić information content (AvgIpc) is 3.47. The molecule has 2 aromatic rings. The minimum Gasteiger partial charge on any atom is -0.496 e. The summed E-state index contributed by atoms with van der Waals surface area (Å²) >= 11 is 0. The molecule has 1 N–H and O–H groups in total. The van der Waals surface area contributed by atoms with Crippen LogP contribution in [0.25, 0.3) is 0 Å². The fraction of sp³-hybridized carbons (Fsp3) is 0.500. The van der Waals surface area contributed by atoms with Gasteiger partial charge in [-0.3, -0.25) is 9.69 Å². The minimum atomic E-state index is -0.0746. The second-order valence-corrected chi connectivity index (χ2v) is 8.23. The molecule has 1 aromatic heterocycles. The third-order valence-electron chi connectivity index (χ3n) is 6.72. The normalized spacial score (nSPS) is 31.1. The van der Waals surface area contributed by atoms with E-state index >= 15 is 0 Å². The van der Waals surface area contributed by atoms with Crippen LogP contribution in [0.1, 0.15) is 28.8 Å². The summed E-state index contributed by atoms with van der Waals surface area (Å²) < 4.78 is 17.0. The molecule has 6 nitrogen and oxygen atoms in total. The van der Waals surface area contributed by atoms with Gasteiger partial charge in [-0.25, -0.2) is 0 Å². The number of para-hydroxylation sites is 1. The second-order valence-electron chi connectivity index (χ2n) is 8.23. The van der Waals surface area contributed by atoms with Crippen LogP contribution in [-0.4, -0.2) is 49.3 Å². The predicted octanol–water partition coefficient (Wildman–Crippen LogP) is 2.70. The van der Waals surface area contributed by atoms with Crippen molar-refractivity contribution in [3.63, 3.8) is 0 Å². The van der Waals surface area contributed by atoms with E-state index in [1.807, 2.05) is 12.1 Å². The summed E-state index contributed by atoms with van der Waals surface area (Å²) in [5, 5.41) is 3.09. The lowest BCUT2D eigenvalue weighted by Crippen LogP contribution is -2.41. The standard InChI is InChI=1S/C22H26N2O4/c1-26-19-5-3-2-4-15(19)11-24-12-18-17(20-6-8-22(18,14-24)28-20)10-23-21(25)16-7-9-27-13-16/h2-5,7,9,13,17-18,20H,6,8,10-12,14H2,1H3,(H,23,25)/t17-,18+,20+,22+/m0/s1. The van der Waals surface area contributed by atoms with Gasteiger partial charge in [-0.05, 0) is 25.0 Å². The number of nitrogens with zero attached hydrogens (tertiary/aromatic N) is 1. The zero-order chi connectivity index (χ0) is 19.1. The molecule has 0 saturated carbocycles. The van der Waals surface area contributed by atoms with Crippen molar-refractivity contribution in [2.24, 2.45) is 11.8 Å². The second kappa shape index (κ2) is 6.94. The monoisotopic (exact) mass is 382 g/mol. The van der Waals surface area contributed by atoms with E-state index in [0.717, 1.165) is 38.2 Å². The number of carbonyl (C=O) groups is 1. The van der Waals surface area contributed by atoms with Crippen molar-refractivity contribution in [2.45, 2.75) is 31.1 Å². The van der Waals surface area contributed by atoms with Crippen LogP contribution in [0, 0.1) is 11.8 Å². The first-order valence-electron chi connectivity index (χ1n) is 10.0. The molecule has 0 unspecified atom stereocenters. The quantitative estimate of drug-likeness (QED) is 0.832. The Hall–Kier alpha value is -2.31. The maximum atomic E-state index is 12.3. The molecule has 5 rings (SSSR count). The van der Waals surface area contributed by atoms with Crippen molar-refractivity contribution >= 4 is 5.91 Å². The van der Waals surface area contributed by atoms with Crippen molar-refractivity contribution in [3.05, 3.63) is 54.0 Å². The molecule has 2 bridgehead atoms. The molecule has 6 heteroatoms. The molecular formula is C22H26N2O4. The number of methoxy groups -OCH3 is 1. The summed E-state index contributed by atoms with van der Waals surface area (Å²) in [6, 6.07) is 9.90. The lowest BCUT2D eigenvalue weighted by molar-refractivity contribution is 0.00207. The van der Waals surface area contributed by atoms with E-state index in [0.29, 0.717) is 23.9 Å². The van der Waals surface area contributed by atoms with Gasteiger partial charge >= 0.3 is 0 Å². The smallest absolute Gasteiger partial charge is 0.254 e. The summed E-state index contributed by atoms with van der Waals surface area (Å²) in [5.41, 5.74) is 1.74. The topological polar surface area (TPSA) is 63.9 Å². The fourth-order valence-electron chi connectivity index (χ4n) is 5.46. The molecule has 0 aliphatic carbocycles. The molecule has 1 amide bonds. The van der Waals surface area contributed by atoms with E-state index < -0.39 is 0 Å². The van der Waals surface area contributed by atoms with Gasteiger partial charge in [0.2, 0.25) is 0 Å². The lowest BCUT2D eigenvalue weighted by Gasteiger charge is -2.29. The van der Waals surface area contributed by atoms with Crippen LogP contribution >= 0.6 is 0 Å². The Bertz CT molecular complexity index is 852. The predicted molar refractivity (Wildman–Crippen MR) is 103 cm³/mol. The Kier molecular flexibility index (Phi) is 4.40. The molecule has 148 valence electrons. The van der Waals surface area contributed by atoms with Gasteiger partial charge < -0.3 is 19.2 Å². The Balaban J connectivity index is 1.26. The van der Waals surface area contributed by atoms with Gasteiger partial charge in [0.15, 0.2) is 0 Å². The molecule has 1 spiro atoms. The Morgan fingerprint density at radius 3 is 3.07 bits per heavy atom. The molecule has 3 fully saturated rings. The number of likely N-dealkylation sites (tertiary alicyclic amines) is 1. The molecule has 3 aliphatic rings. The van der Waals surface area contributed by atoms with Crippen molar-refractivity contribution in [3.8, 4) is 5.75 Å². The fourth-order valence-corrected chi connectivity index (χ4v) is 5.46. The summed E-state index contributed by atoms with van der Waals surface area (Å²) in [6.07, 6.45) is 5.49. The summed E-state index contributed by atoms with van der Waals surface area (Å²) in [4.78, 5) is 14.8. The van der Waals surface area contributed by atoms with Crippen LogP contribution in [0.4, 0.5) is 0 Å². The average molecular weight is 382 g/mol. The van der Waals surface area contributed by atoms with Crippen LogP contribution in [0.5, 0.6) is 5.75 Å². The van der Waals surface area contributed by atoms with Crippen molar-refractivity contribution < 1.29 is 18.7 Å². The summed E-state index contributed by atoms with van der Waals surface area (Å²) in [6.45, 7) is 3.48. The molecule has 28 heavy (non-hydrogen) atoms. The van der Waals surface area contributed by atoms with Crippen LogP contribution < -0.4 is 10.1 Å². The number of fused-ring (bicyclic) bond motifs is 1. The van der Waals surface area contributed by atoms with E-state index in [4.69, 9.17) is 13.9 Å². The number of hydrogen-bond donors (Lipinski definition) is 1. The van der Waals surface area contributed by atoms with Gasteiger partial charge in [0, 0.05) is 43.6 Å². The maximum Gasteiger partial charge on any atom is 0.254 e. The van der Waals surface area contributed by atoms with Gasteiger partial charge in [-0.15, -0.1) is 0 Å². The number of benzene rings is 1. The minimum absolute atomic E-state index is 0.0439. The Labute approximate surface area is 164 Å². The molecule has 3 saturated heterocycles. The van der Waals surface area contributed by atoms with Crippen LogP contribution in [0.3, 0.4) is 0 Å². The maximum absolute atomic E-state index is 12.3. The highest BCUT2D eigenvalue weighted by Gasteiger charge is 2.62. The molecular weight excluding hydrogens is 356 g/mol. The summed E-state index contributed by atoms with van der Waals surface area (Å²) in [7, 11) is 1.72. The van der Waals surface area contributed by atoms with Gasteiger partial charge in [-0.1, -0.05) is 18.2 Å². The van der Waals surface area contributed by atoms with Crippen molar-refractivity contribution in [2.75, 3.05) is 26.7 Å². The molecule has 4 heterocycles. The third-order valence-corrected chi connectivity index (χ3v) is 6.72. The van der Waals surface area contributed by atoms with Crippen molar-refractivity contribution in [1.82, 2.24) is 10.2 Å². The van der Waals surface area contributed by atoms with Crippen LogP contribution in [0.2, 0.25) is 0 Å². The number of rotatable bonds is 6. The van der Waals surface area contributed by atoms with Crippen LogP contribution in [0.15, 0.2) is 47.3 Å². The highest BCUT2D eigenvalue weighted by atomic mass is 16.5. The largest absolute Gasteiger partial charge is 0.496 e. The molecule has 0 radical (unpaired) electrons. The highest BCUT2D eigenvalue weighted by molar-refractivity contribution is 5.93. The molecule has 4 atom stereocenters. The summed E-state index contributed by atoms with van der Waals surface area (Å²) in [5.74, 6) is 1.69. The first kappa shape index (κ1) is 17.8. The van der Waals surface area contributed by atoms with E-state index in [1.54, 1.807) is 13.2 Å². The number of hydrogen-bond acceptors (Lipinski definition) is 5. The van der Waals surface area contributed by atoms with E-state index in [9.17, 15) is 4.79 Å². The van der Waals surface area contributed by atoms with Crippen molar-refractivity contribution in [1.29, 1.82) is 0 Å². The van der Waals surface area contributed by atoms with Gasteiger partial charge in [0.25, 0.3) is 5.91 Å². The number of amides is 1. The SMILES string of the molecule is COc1ccccc1CN1C[C@@H]2[C@H](CNC(=O)c3ccoc3)[C@H]3CC[C@]2(C1)O3. The Morgan fingerprint density at radius 2 is 2.25 bits per heavy atom. The lowest BCUT2D eigenvalue weighted by atomic mass is 9.73. The number of ether oxygens (including phenoxy) is 2. The van der Waals surface area contributed by atoms with E-state index in [-0.39, 0.29) is 17.6 Å². The first-order valence-corrected chi connectivity index (χ1v) is 10.0. The van der Waals surface area contributed by atoms with E-state index in [1.165, 1.54) is 18.1 Å². The van der Waals surface area contributed by atoms with Gasteiger partial charge in [0.1, 0.15) is 12.0 Å². The Morgan fingerprint density at radius 1 is 1.36 bits per heavy atom. The number of carbonyl (C=O) groups excluding carboxylic acids is 1. The third kappa shape index (κ3) is 2.91. The number of furan rings is 1. The van der Waals surface area contributed by atoms with E-state index in [2.05, 4.69) is 22.3 Å². The zero-order valence-corrected chi connectivity index (χ0v) is 16.1. The number of nitrogens with one attached hydrogen (secondary N) is 1.